The number of amides is 5. The summed E-state index contributed by atoms with van der Waals surface area (Å²) < 4.78 is 16.1. The number of carbonyl (C=O) groups is 6. The van der Waals surface area contributed by atoms with Gasteiger partial charge in [-0.3, -0.25) is 24.0 Å². The average molecular weight is 844 g/mol. The van der Waals surface area contributed by atoms with Crippen LogP contribution in [0, 0.1) is 11.8 Å². The number of aromatic nitrogens is 1. The molecule has 3 heterocycles. The van der Waals surface area contributed by atoms with Gasteiger partial charge in [-0.05, 0) is 55.6 Å². The normalized spacial score (nSPS) is 18.0. The molecule has 16 nitrogen and oxygen atoms in total. The molecule has 0 bridgehead atoms. The predicted molar refractivity (Wildman–Crippen MR) is 226 cm³/mol. The van der Waals surface area contributed by atoms with Crippen LogP contribution in [-0.2, 0) is 59.3 Å². The van der Waals surface area contributed by atoms with Crippen molar-refractivity contribution in [3.63, 3.8) is 0 Å². The maximum absolute atomic E-state index is 14.2. The van der Waals surface area contributed by atoms with Crippen molar-refractivity contribution in [2.45, 2.75) is 110 Å². The van der Waals surface area contributed by atoms with Gasteiger partial charge in [0, 0.05) is 38.7 Å². The van der Waals surface area contributed by atoms with E-state index < -0.39 is 59.5 Å². The first kappa shape index (κ1) is 46.5. The van der Waals surface area contributed by atoms with Crippen molar-refractivity contribution in [2.75, 3.05) is 32.8 Å². The number of ether oxygens (including phenoxy) is 2. The van der Waals surface area contributed by atoms with E-state index in [-0.39, 0.29) is 68.0 Å². The van der Waals surface area contributed by atoms with Crippen LogP contribution in [0.15, 0.2) is 71.3 Å². The highest BCUT2D eigenvalue weighted by Crippen LogP contribution is 2.29. The van der Waals surface area contributed by atoms with Crippen molar-refractivity contribution in [2.24, 2.45) is 11.8 Å². The van der Waals surface area contributed by atoms with E-state index in [1.165, 1.54) is 6.07 Å². The van der Waals surface area contributed by atoms with E-state index in [2.05, 4.69) is 31.7 Å². The van der Waals surface area contributed by atoms with E-state index in [4.69, 9.17) is 14.0 Å². The van der Waals surface area contributed by atoms with Crippen molar-refractivity contribution >= 4 is 35.5 Å². The number of aryl methyl sites for hydroxylation is 1. The summed E-state index contributed by atoms with van der Waals surface area (Å²) in [6.07, 6.45) is 0.744. The maximum atomic E-state index is 14.2. The molecule has 3 aromatic rings. The number of hydrogen-bond acceptors (Lipinski definition) is 11. The van der Waals surface area contributed by atoms with Crippen molar-refractivity contribution in [3.8, 4) is 0 Å². The third-order valence-electron chi connectivity index (χ3n) is 10.6. The summed E-state index contributed by atoms with van der Waals surface area (Å²) in [5.41, 5.74) is 1.07. The second kappa shape index (κ2) is 22.3. The Morgan fingerprint density at radius 3 is 1.95 bits per heavy atom. The lowest BCUT2D eigenvalue weighted by atomic mass is 9.93. The van der Waals surface area contributed by atoms with E-state index in [1.54, 1.807) is 11.8 Å². The van der Waals surface area contributed by atoms with E-state index in [9.17, 15) is 28.8 Å². The molecule has 2 unspecified atom stereocenters. The second-order valence-corrected chi connectivity index (χ2v) is 16.9. The van der Waals surface area contributed by atoms with Crippen LogP contribution < -0.4 is 26.6 Å². The first-order valence-corrected chi connectivity index (χ1v) is 21.2. The molecular weight excluding hydrogens is 783 g/mol. The molecule has 2 fully saturated rings. The Balaban J connectivity index is 1.27. The Hall–Kier alpha value is -5.61. The first-order valence-electron chi connectivity index (χ1n) is 21.2. The fourth-order valence-corrected chi connectivity index (χ4v) is 7.11. The van der Waals surface area contributed by atoms with Crippen LogP contribution in [0.25, 0.3) is 0 Å². The molecule has 5 rings (SSSR count). The second-order valence-electron chi connectivity index (χ2n) is 16.9. The minimum atomic E-state index is -1.08. The van der Waals surface area contributed by atoms with Crippen LogP contribution >= 0.6 is 0 Å². The van der Waals surface area contributed by atoms with Crippen LogP contribution in [0.3, 0.4) is 0 Å². The molecular formula is C45H61N7O9. The van der Waals surface area contributed by atoms with Crippen molar-refractivity contribution < 1.29 is 42.8 Å². The zero-order valence-corrected chi connectivity index (χ0v) is 35.9. The molecule has 0 aliphatic carbocycles. The Morgan fingerprint density at radius 2 is 1.33 bits per heavy atom. The van der Waals surface area contributed by atoms with Crippen LogP contribution in [-0.4, -0.2) is 108 Å². The summed E-state index contributed by atoms with van der Waals surface area (Å²) in [7, 11) is 0. The SMILES string of the molecule is CC(C)CC(NC(=O)[C@H](Cc1ccccc1)NC(=O)[C@H](CC(C)C)NC(=O)[C@H](CCc1ccccc1)NC(=O)Cc1cc(COC(=O)N2CCNCC2)on1)C(=O)C1(C)CO1. The maximum Gasteiger partial charge on any atom is 0.410 e. The van der Waals surface area contributed by atoms with E-state index >= 15 is 0 Å². The monoisotopic (exact) mass is 843 g/mol. The van der Waals surface area contributed by atoms with Gasteiger partial charge in [0.15, 0.2) is 18.2 Å². The van der Waals surface area contributed by atoms with Gasteiger partial charge in [-0.15, -0.1) is 0 Å². The molecule has 16 heteroatoms. The summed E-state index contributed by atoms with van der Waals surface area (Å²) in [4.78, 5) is 83.3. The topological polar surface area (TPSA) is 214 Å². The van der Waals surface area contributed by atoms with Gasteiger partial charge < -0.3 is 45.5 Å². The molecule has 2 aliphatic heterocycles. The lowest BCUT2D eigenvalue weighted by molar-refractivity contribution is -0.135. The standard InChI is InChI=1S/C45H61N7O9/c1-29(2)22-36(40(54)45(5)28-60-45)48-43(57)38(24-32-14-10-7-11-15-32)50-42(56)37(23-30(3)4)49-41(55)35(17-16-31-12-8-6-9-13-31)47-39(53)26-33-25-34(61-51-33)27-59-44(58)52-20-18-46-19-21-52/h6-15,25,29-30,35-38,46H,16-24,26-28H2,1-5H3,(H,47,53)(H,48,57)(H,49,55)(H,50,56)/t35-,36?,37-,38-,45?/m0/s1. The molecule has 0 spiro atoms. The van der Waals surface area contributed by atoms with Gasteiger partial charge in [0.2, 0.25) is 23.6 Å². The lowest BCUT2D eigenvalue weighted by Crippen LogP contribution is -2.59. The number of nitrogens with zero attached hydrogens (tertiary/aromatic N) is 2. The molecule has 2 saturated heterocycles. The lowest BCUT2D eigenvalue weighted by Gasteiger charge is -2.28. The van der Waals surface area contributed by atoms with Gasteiger partial charge in [-0.25, -0.2) is 4.79 Å². The predicted octanol–water partition coefficient (Wildman–Crippen LogP) is 3.02. The molecule has 5 atom stereocenters. The summed E-state index contributed by atoms with van der Waals surface area (Å²) >= 11 is 0. The molecule has 2 aliphatic rings. The number of Topliss-reactive ketones (excluding diaryl/α,β-unsaturated/α-hetero) is 1. The third-order valence-corrected chi connectivity index (χ3v) is 10.6. The Bertz CT molecular complexity index is 1930. The van der Waals surface area contributed by atoms with Crippen molar-refractivity contribution in [1.29, 1.82) is 0 Å². The Labute approximate surface area is 357 Å². The van der Waals surface area contributed by atoms with Gasteiger partial charge in [0.25, 0.3) is 0 Å². The number of rotatable bonds is 22. The van der Waals surface area contributed by atoms with Crippen molar-refractivity contribution in [1.82, 2.24) is 36.6 Å². The highest BCUT2D eigenvalue weighted by atomic mass is 16.6. The van der Waals surface area contributed by atoms with Gasteiger partial charge in [0.1, 0.15) is 23.7 Å². The highest BCUT2D eigenvalue weighted by Gasteiger charge is 2.50. The quantitative estimate of drug-likeness (QED) is 0.0928. The molecule has 0 saturated carbocycles. The van der Waals surface area contributed by atoms with Crippen LogP contribution in [0.2, 0.25) is 0 Å². The Kier molecular flexibility index (Phi) is 17.0. The number of epoxide rings is 1. The van der Waals surface area contributed by atoms with Gasteiger partial charge in [-0.1, -0.05) is 93.5 Å². The van der Waals surface area contributed by atoms with Gasteiger partial charge in [0.05, 0.1) is 24.8 Å². The van der Waals surface area contributed by atoms with E-state index in [0.717, 1.165) is 11.1 Å². The number of nitrogens with one attached hydrogen (secondary N) is 5. The summed E-state index contributed by atoms with van der Waals surface area (Å²) in [5, 5.41) is 18.6. The number of benzene rings is 2. The van der Waals surface area contributed by atoms with Gasteiger partial charge in [-0.2, -0.15) is 0 Å². The molecule has 61 heavy (non-hydrogen) atoms. The smallest absolute Gasteiger partial charge is 0.410 e. The van der Waals surface area contributed by atoms with Crippen LogP contribution in [0.4, 0.5) is 4.79 Å². The van der Waals surface area contributed by atoms with Gasteiger partial charge >= 0.3 is 6.09 Å². The van der Waals surface area contributed by atoms with Crippen LogP contribution in [0.1, 0.15) is 76.5 Å². The minimum absolute atomic E-state index is 0.0420. The molecule has 1 aromatic heterocycles. The largest absolute Gasteiger partial charge is 0.441 e. The fourth-order valence-electron chi connectivity index (χ4n) is 7.11. The average Bonchev–Trinajstić information content (AvgIpc) is 3.84. The van der Waals surface area contributed by atoms with E-state index in [0.29, 0.717) is 39.0 Å². The molecule has 2 aromatic carbocycles. The number of carbonyl (C=O) groups excluding carboxylic acids is 6. The number of hydrogen-bond donors (Lipinski definition) is 5. The molecule has 5 amide bonds. The third kappa shape index (κ3) is 14.8. The molecule has 5 N–H and O–H groups in total. The van der Waals surface area contributed by atoms with Crippen LogP contribution in [0.5, 0.6) is 0 Å². The summed E-state index contributed by atoms with van der Waals surface area (Å²) in [5.74, 6) is -2.10. The zero-order chi connectivity index (χ0) is 43.9. The van der Waals surface area contributed by atoms with E-state index in [1.807, 2.05) is 88.4 Å². The minimum Gasteiger partial charge on any atom is -0.441 e. The summed E-state index contributed by atoms with van der Waals surface area (Å²) in [6.45, 7) is 12.0. The highest BCUT2D eigenvalue weighted by molar-refractivity contribution is 5.98. The fraction of sp³-hybridized carbons (Fsp3) is 0.533. The number of piperazine rings is 1. The zero-order valence-electron chi connectivity index (χ0n) is 35.9. The first-order chi connectivity index (χ1) is 29.2. The Morgan fingerprint density at radius 1 is 0.770 bits per heavy atom. The molecule has 330 valence electrons. The molecule has 0 radical (unpaired) electrons. The van der Waals surface area contributed by atoms with Crippen molar-refractivity contribution in [3.05, 3.63) is 89.3 Å². The summed E-state index contributed by atoms with van der Waals surface area (Å²) in [6, 6.07) is 16.2. The number of ketones is 1.